The standard InChI is InChI=1S/C18H31N3/c1-15(12-19)18-6-4-16(5-7-18)14-21-10-8-17(9-11-21)13-20(2)3/h4-7,15,17H,8-14,19H2,1-3H3. The van der Waals surface area contributed by atoms with Crippen LogP contribution in [0.5, 0.6) is 0 Å². The van der Waals surface area contributed by atoms with Gasteiger partial charge in [0.2, 0.25) is 0 Å². The van der Waals surface area contributed by atoms with Crippen LogP contribution in [-0.2, 0) is 6.54 Å². The third kappa shape index (κ3) is 5.10. The summed E-state index contributed by atoms with van der Waals surface area (Å²) in [5.41, 5.74) is 8.50. The molecule has 1 aromatic rings. The second-order valence-electron chi connectivity index (χ2n) is 6.86. The molecule has 0 amide bonds. The molecule has 21 heavy (non-hydrogen) atoms. The fourth-order valence-electron chi connectivity index (χ4n) is 3.19. The first-order valence-corrected chi connectivity index (χ1v) is 8.24. The van der Waals surface area contributed by atoms with Crippen molar-refractivity contribution in [1.29, 1.82) is 0 Å². The van der Waals surface area contributed by atoms with E-state index in [2.05, 4.69) is 55.1 Å². The molecule has 3 heteroatoms. The fraction of sp³-hybridized carbons (Fsp3) is 0.667. The van der Waals surface area contributed by atoms with Crippen molar-refractivity contribution in [3.8, 4) is 0 Å². The van der Waals surface area contributed by atoms with Crippen LogP contribution in [0.25, 0.3) is 0 Å². The van der Waals surface area contributed by atoms with E-state index < -0.39 is 0 Å². The molecule has 0 spiro atoms. The van der Waals surface area contributed by atoms with Gasteiger partial charge < -0.3 is 10.6 Å². The first-order chi connectivity index (χ1) is 10.1. The number of hydrogen-bond donors (Lipinski definition) is 1. The third-order valence-electron chi connectivity index (χ3n) is 4.64. The van der Waals surface area contributed by atoms with Gasteiger partial charge in [0.15, 0.2) is 0 Å². The second-order valence-corrected chi connectivity index (χ2v) is 6.86. The van der Waals surface area contributed by atoms with E-state index in [4.69, 9.17) is 5.73 Å². The topological polar surface area (TPSA) is 32.5 Å². The first kappa shape index (κ1) is 16.5. The maximum absolute atomic E-state index is 5.73. The smallest absolute Gasteiger partial charge is 0.0233 e. The largest absolute Gasteiger partial charge is 0.330 e. The van der Waals surface area contributed by atoms with Crippen LogP contribution in [0.4, 0.5) is 0 Å². The summed E-state index contributed by atoms with van der Waals surface area (Å²) in [6, 6.07) is 9.03. The minimum absolute atomic E-state index is 0.459. The Balaban J connectivity index is 1.80. The van der Waals surface area contributed by atoms with Gasteiger partial charge in [-0.05, 0) is 69.5 Å². The zero-order chi connectivity index (χ0) is 15.2. The molecule has 3 nitrogen and oxygen atoms in total. The van der Waals surface area contributed by atoms with E-state index in [0.717, 1.165) is 19.0 Å². The minimum Gasteiger partial charge on any atom is -0.330 e. The lowest BCUT2D eigenvalue weighted by Gasteiger charge is -2.33. The Labute approximate surface area is 130 Å². The normalized spacial score (nSPS) is 19.1. The fourth-order valence-corrected chi connectivity index (χ4v) is 3.19. The Bertz CT molecular complexity index is 405. The van der Waals surface area contributed by atoms with E-state index in [0.29, 0.717) is 5.92 Å². The minimum atomic E-state index is 0.459. The van der Waals surface area contributed by atoms with Crippen molar-refractivity contribution in [3.63, 3.8) is 0 Å². The molecule has 1 aromatic carbocycles. The molecule has 1 unspecified atom stereocenters. The molecule has 0 aliphatic carbocycles. The molecule has 0 bridgehead atoms. The van der Waals surface area contributed by atoms with Crippen LogP contribution in [0.1, 0.15) is 36.8 Å². The predicted molar refractivity (Wildman–Crippen MR) is 90.5 cm³/mol. The molecule has 1 fully saturated rings. The maximum atomic E-state index is 5.73. The summed E-state index contributed by atoms with van der Waals surface area (Å²) < 4.78 is 0. The van der Waals surface area contributed by atoms with Crippen LogP contribution in [-0.4, -0.2) is 50.1 Å². The quantitative estimate of drug-likeness (QED) is 0.873. The highest BCUT2D eigenvalue weighted by Gasteiger charge is 2.19. The zero-order valence-corrected chi connectivity index (χ0v) is 13.9. The average molecular weight is 289 g/mol. The number of nitrogens with zero attached hydrogens (tertiary/aromatic N) is 2. The average Bonchev–Trinajstić information content (AvgIpc) is 2.49. The summed E-state index contributed by atoms with van der Waals surface area (Å²) in [6.45, 7) is 7.70. The van der Waals surface area contributed by atoms with Gasteiger partial charge in [-0.1, -0.05) is 31.2 Å². The van der Waals surface area contributed by atoms with Crippen molar-refractivity contribution in [2.24, 2.45) is 11.7 Å². The summed E-state index contributed by atoms with van der Waals surface area (Å²) in [4.78, 5) is 4.91. The van der Waals surface area contributed by atoms with Gasteiger partial charge in [0.05, 0.1) is 0 Å². The van der Waals surface area contributed by atoms with Crippen molar-refractivity contribution in [1.82, 2.24) is 9.80 Å². The lowest BCUT2D eigenvalue weighted by atomic mass is 9.95. The van der Waals surface area contributed by atoms with Gasteiger partial charge >= 0.3 is 0 Å². The number of nitrogens with two attached hydrogens (primary N) is 1. The number of rotatable bonds is 6. The summed E-state index contributed by atoms with van der Waals surface area (Å²) in [5, 5.41) is 0. The van der Waals surface area contributed by atoms with Gasteiger partial charge in [0.25, 0.3) is 0 Å². The lowest BCUT2D eigenvalue weighted by Crippen LogP contribution is -2.36. The van der Waals surface area contributed by atoms with E-state index in [1.54, 1.807) is 0 Å². The number of hydrogen-bond acceptors (Lipinski definition) is 3. The SMILES string of the molecule is CC(CN)c1ccc(CN2CCC(CN(C)C)CC2)cc1. The van der Waals surface area contributed by atoms with Crippen LogP contribution in [0.15, 0.2) is 24.3 Å². The molecular weight excluding hydrogens is 258 g/mol. The lowest BCUT2D eigenvalue weighted by molar-refractivity contribution is 0.157. The number of likely N-dealkylation sites (tertiary alicyclic amines) is 1. The van der Waals surface area contributed by atoms with Crippen LogP contribution in [0.2, 0.25) is 0 Å². The monoisotopic (exact) mass is 289 g/mol. The second kappa shape index (κ2) is 7.92. The Morgan fingerprint density at radius 3 is 2.33 bits per heavy atom. The van der Waals surface area contributed by atoms with Gasteiger partial charge in [-0.3, -0.25) is 4.90 Å². The predicted octanol–water partition coefficient (Wildman–Crippen LogP) is 2.52. The molecule has 0 aromatic heterocycles. The van der Waals surface area contributed by atoms with Crippen molar-refractivity contribution < 1.29 is 0 Å². The molecule has 2 N–H and O–H groups in total. The maximum Gasteiger partial charge on any atom is 0.0233 e. The van der Waals surface area contributed by atoms with E-state index >= 15 is 0 Å². The Morgan fingerprint density at radius 1 is 1.19 bits per heavy atom. The van der Waals surface area contributed by atoms with Crippen molar-refractivity contribution in [2.75, 3.05) is 40.3 Å². The van der Waals surface area contributed by atoms with Gasteiger partial charge in [-0.25, -0.2) is 0 Å². The highest BCUT2D eigenvalue weighted by molar-refractivity contribution is 5.25. The van der Waals surface area contributed by atoms with Crippen molar-refractivity contribution >= 4 is 0 Å². The molecule has 0 saturated carbocycles. The molecule has 1 heterocycles. The number of piperidine rings is 1. The zero-order valence-electron chi connectivity index (χ0n) is 13.9. The van der Waals surface area contributed by atoms with Gasteiger partial charge in [0.1, 0.15) is 0 Å². The van der Waals surface area contributed by atoms with Crippen molar-refractivity contribution in [3.05, 3.63) is 35.4 Å². The van der Waals surface area contributed by atoms with Gasteiger partial charge in [-0.2, -0.15) is 0 Å². The Hall–Kier alpha value is -0.900. The van der Waals surface area contributed by atoms with Gasteiger partial charge in [0, 0.05) is 13.1 Å². The van der Waals surface area contributed by atoms with Crippen LogP contribution >= 0.6 is 0 Å². The molecule has 1 atom stereocenters. The molecular formula is C18H31N3. The Morgan fingerprint density at radius 2 is 1.81 bits per heavy atom. The summed E-state index contributed by atoms with van der Waals surface area (Å²) in [7, 11) is 4.35. The molecule has 0 radical (unpaired) electrons. The molecule has 118 valence electrons. The highest BCUT2D eigenvalue weighted by atomic mass is 15.1. The van der Waals surface area contributed by atoms with Crippen LogP contribution in [0.3, 0.4) is 0 Å². The van der Waals surface area contributed by atoms with Gasteiger partial charge in [-0.15, -0.1) is 0 Å². The van der Waals surface area contributed by atoms with E-state index in [1.807, 2.05) is 0 Å². The molecule has 1 aliphatic heterocycles. The Kier molecular flexibility index (Phi) is 6.22. The van der Waals surface area contributed by atoms with Crippen molar-refractivity contribution in [2.45, 2.75) is 32.2 Å². The summed E-state index contributed by atoms with van der Waals surface area (Å²) in [6.07, 6.45) is 2.67. The third-order valence-corrected chi connectivity index (χ3v) is 4.64. The molecule has 1 aliphatic rings. The van der Waals surface area contributed by atoms with Crippen LogP contribution in [0, 0.1) is 5.92 Å². The van der Waals surface area contributed by atoms with E-state index in [1.165, 1.54) is 43.6 Å². The highest BCUT2D eigenvalue weighted by Crippen LogP contribution is 2.20. The van der Waals surface area contributed by atoms with E-state index in [-0.39, 0.29) is 0 Å². The summed E-state index contributed by atoms with van der Waals surface area (Å²) >= 11 is 0. The summed E-state index contributed by atoms with van der Waals surface area (Å²) in [5.74, 6) is 1.34. The molecule has 2 rings (SSSR count). The van der Waals surface area contributed by atoms with E-state index in [9.17, 15) is 0 Å². The van der Waals surface area contributed by atoms with Crippen LogP contribution < -0.4 is 5.73 Å². The molecule has 1 saturated heterocycles. The number of benzene rings is 1. The first-order valence-electron chi connectivity index (χ1n) is 8.24.